The van der Waals surface area contributed by atoms with Crippen molar-refractivity contribution in [3.8, 4) is 6.07 Å². The van der Waals surface area contributed by atoms with E-state index in [-0.39, 0.29) is 17.0 Å². The molecule has 28 heavy (non-hydrogen) atoms. The molecule has 3 heterocycles. The predicted molar refractivity (Wildman–Crippen MR) is 117 cm³/mol. The van der Waals surface area contributed by atoms with E-state index in [1.165, 1.54) is 16.7 Å². The van der Waals surface area contributed by atoms with E-state index in [1.54, 1.807) is 31.7 Å². The van der Waals surface area contributed by atoms with Gasteiger partial charge in [-0.3, -0.25) is 19.1 Å². The van der Waals surface area contributed by atoms with Crippen LogP contribution in [-0.2, 0) is 11.8 Å². The van der Waals surface area contributed by atoms with Gasteiger partial charge in [0.1, 0.15) is 21.8 Å². The average Bonchev–Trinajstić information content (AvgIpc) is 2.86. The van der Waals surface area contributed by atoms with E-state index < -0.39 is 0 Å². The number of thioether (sulfide) groups is 1. The minimum atomic E-state index is -0.305. The lowest BCUT2D eigenvalue weighted by atomic mass is 9.91. The molecule has 2 aliphatic rings. The summed E-state index contributed by atoms with van der Waals surface area (Å²) in [5, 5.41) is 9.53. The molecule has 148 valence electrons. The lowest BCUT2D eigenvalue weighted by molar-refractivity contribution is -0.121. The summed E-state index contributed by atoms with van der Waals surface area (Å²) in [5.41, 5.74) is 1.16. The summed E-state index contributed by atoms with van der Waals surface area (Å²) in [6, 6.07) is 2.04. The van der Waals surface area contributed by atoms with Crippen molar-refractivity contribution in [2.24, 2.45) is 18.9 Å². The normalized spacial score (nSPS) is 24.2. The monoisotopic (exact) mass is 416 g/mol. The van der Waals surface area contributed by atoms with Crippen molar-refractivity contribution in [1.82, 2.24) is 9.47 Å². The van der Waals surface area contributed by atoms with E-state index in [2.05, 4.69) is 18.7 Å². The number of anilines is 1. The number of likely N-dealkylation sites (N-methyl/N-ethyl adjacent to an activating group) is 1. The van der Waals surface area contributed by atoms with Gasteiger partial charge in [-0.25, -0.2) is 0 Å². The molecule has 0 aromatic carbocycles. The number of piperidine rings is 1. The highest BCUT2D eigenvalue weighted by Gasteiger charge is 2.31. The molecule has 8 heteroatoms. The van der Waals surface area contributed by atoms with Gasteiger partial charge < -0.3 is 4.90 Å². The molecule has 0 spiro atoms. The van der Waals surface area contributed by atoms with Crippen LogP contribution in [0.5, 0.6) is 0 Å². The molecule has 2 aliphatic heterocycles. The van der Waals surface area contributed by atoms with Crippen LogP contribution in [0.2, 0.25) is 0 Å². The maximum atomic E-state index is 12.8. The number of nitrogens with zero attached hydrogens (tertiary/aromatic N) is 4. The smallest absolute Gasteiger partial charge is 0.270 e. The van der Waals surface area contributed by atoms with Gasteiger partial charge in [0, 0.05) is 32.7 Å². The highest BCUT2D eigenvalue weighted by Crippen LogP contribution is 2.36. The van der Waals surface area contributed by atoms with Gasteiger partial charge in [0.2, 0.25) is 0 Å². The first-order chi connectivity index (χ1) is 13.1. The second-order valence-electron chi connectivity index (χ2n) is 7.81. The van der Waals surface area contributed by atoms with Gasteiger partial charge >= 0.3 is 0 Å². The fourth-order valence-electron chi connectivity index (χ4n) is 4.11. The van der Waals surface area contributed by atoms with Crippen LogP contribution < -0.4 is 10.5 Å². The Balaban J connectivity index is 2.24. The van der Waals surface area contributed by atoms with Gasteiger partial charge in [-0.1, -0.05) is 37.8 Å². The zero-order chi connectivity index (χ0) is 20.7. The molecule has 2 atom stereocenters. The SMILES string of the molecule is Cc1c(C=C2SC(=S)N(C)C2=O)c(N2CC(C)CC(C)C2)n(C)c(=O)c1C#N. The van der Waals surface area contributed by atoms with Crippen molar-refractivity contribution < 1.29 is 4.79 Å². The summed E-state index contributed by atoms with van der Waals surface area (Å²) >= 11 is 6.48. The van der Waals surface area contributed by atoms with Crippen molar-refractivity contribution in [2.75, 3.05) is 25.0 Å². The van der Waals surface area contributed by atoms with E-state index in [0.717, 1.165) is 30.9 Å². The average molecular weight is 417 g/mol. The van der Waals surface area contributed by atoms with E-state index in [0.29, 0.717) is 26.6 Å². The summed E-state index contributed by atoms with van der Waals surface area (Å²) in [4.78, 5) is 29.5. The lowest BCUT2D eigenvalue weighted by Gasteiger charge is -2.38. The van der Waals surface area contributed by atoms with Crippen LogP contribution in [0.25, 0.3) is 6.08 Å². The van der Waals surface area contributed by atoms with E-state index in [9.17, 15) is 14.9 Å². The number of hydrogen-bond donors (Lipinski definition) is 0. The molecule has 3 rings (SSSR count). The molecule has 0 radical (unpaired) electrons. The molecular weight excluding hydrogens is 392 g/mol. The molecule has 2 fully saturated rings. The Kier molecular flexibility index (Phi) is 5.69. The molecule has 0 N–H and O–H groups in total. The molecule has 1 amide bonds. The van der Waals surface area contributed by atoms with E-state index in [1.807, 2.05) is 6.07 Å². The van der Waals surface area contributed by atoms with E-state index >= 15 is 0 Å². The number of nitriles is 1. The second kappa shape index (κ2) is 7.72. The fraction of sp³-hybridized carbons (Fsp3) is 0.500. The highest BCUT2D eigenvalue weighted by atomic mass is 32.2. The number of hydrogen-bond acceptors (Lipinski definition) is 6. The van der Waals surface area contributed by atoms with Crippen LogP contribution in [0.4, 0.5) is 5.82 Å². The molecule has 6 nitrogen and oxygen atoms in total. The number of carbonyl (C=O) groups excluding carboxylic acids is 1. The first-order valence-electron chi connectivity index (χ1n) is 9.25. The van der Waals surface area contributed by atoms with Gasteiger partial charge in [-0.05, 0) is 36.8 Å². The molecule has 2 saturated heterocycles. The number of carbonyl (C=O) groups is 1. The first kappa shape index (κ1) is 20.6. The van der Waals surface area contributed by atoms with Gasteiger partial charge in [0.25, 0.3) is 11.5 Å². The van der Waals surface area contributed by atoms with Crippen LogP contribution >= 0.6 is 24.0 Å². The third-order valence-electron chi connectivity index (χ3n) is 5.40. The summed E-state index contributed by atoms with van der Waals surface area (Å²) in [6.07, 6.45) is 2.93. The standard InChI is InChI=1S/C20H24N4O2S2/c1-11-6-12(2)10-24(9-11)17-14(7-16-19(26)23(5)20(27)28-16)13(3)15(8-21)18(25)22(17)4/h7,11-12H,6,9-10H2,1-5H3. The number of amides is 1. The summed E-state index contributed by atoms with van der Waals surface area (Å²) < 4.78 is 2.05. The Hall–Kier alpha value is -2.11. The van der Waals surface area contributed by atoms with Gasteiger partial charge in [-0.15, -0.1) is 0 Å². The first-order valence-corrected chi connectivity index (χ1v) is 10.5. The molecule has 0 aliphatic carbocycles. The Bertz CT molecular complexity index is 979. The lowest BCUT2D eigenvalue weighted by Crippen LogP contribution is -2.42. The maximum absolute atomic E-state index is 12.8. The minimum Gasteiger partial charge on any atom is -0.357 e. The highest BCUT2D eigenvalue weighted by molar-refractivity contribution is 8.26. The molecule has 1 aromatic rings. The zero-order valence-electron chi connectivity index (χ0n) is 16.8. The molecule has 0 bridgehead atoms. The molecule has 0 saturated carbocycles. The third kappa shape index (κ3) is 3.49. The maximum Gasteiger partial charge on any atom is 0.270 e. The van der Waals surface area contributed by atoms with Crippen molar-refractivity contribution in [1.29, 1.82) is 5.26 Å². The quantitative estimate of drug-likeness (QED) is 0.545. The van der Waals surface area contributed by atoms with Crippen LogP contribution in [0.3, 0.4) is 0 Å². The van der Waals surface area contributed by atoms with Gasteiger partial charge in [-0.2, -0.15) is 5.26 Å². The molecular formula is C20H24N4O2S2. The Morgan fingerprint density at radius 2 is 1.82 bits per heavy atom. The Morgan fingerprint density at radius 3 is 2.32 bits per heavy atom. The number of pyridine rings is 1. The third-order valence-corrected chi connectivity index (χ3v) is 6.88. The Morgan fingerprint density at radius 1 is 1.21 bits per heavy atom. The number of thiocarbonyl (C=S) groups is 1. The van der Waals surface area contributed by atoms with Crippen LogP contribution in [-0.4, -0.2) is 39.8 Å². The van der Waals surface area contributed by atoms with Crippen LogP contribution in [0.1, 0.15) is 37.0 Å². The van der Waals surface area contributed by atoms with Crippen molar-refractivity contribution >= 4 is 46.1 Å². The van der Waals surface area contributed by atoms with Crippen LogP contribution in [0.15, 0.2) is 9.70 Å². The fourth-order valence-corrected chi connectivity index (χ4v) is 5.27. The predicted octanol–water partition coefficient (Wildman–Crippen LogP) is 2.88. The largest absolute Gasteiger partial charge is 0.357 e. The van der Waals surface area contributed by atoms with Crippen molar-refractivity contribution in [3.63, 3.8) is 0 Å². The molecule has 2 unspecified atom stereocenters. The van der Waals surface area contributed by atoms with E-state index in [4.69, 9.17) is 12.2 Å². The zero-order valence-corrected chi connectivity index (χ0v) is 18.4. The summed E-state index contributed by atoms with van der Waals surface area (Å²) in [5.74, 6) is 1.60. The number of aromatic nitrogens is 1. The summed E-state index contributed by atoms with van der Waals surface area (Å²) in [6.45, 7) is 7.86. The van der Waals surface area contributed by atoms with Crippen molar-refractivity contribution in [2.45, 2.75) is 27.2 Å². The minimum absolute atomic E-state index is 0.114. The second-order valence-corrected chi connectivity index (χ2v) is 9.48. The summed E-state index contributed by atoms with van der Waals surface area (Å²) in [7, 11) is 3.35. The van der Waals surface area contributed by atoms with Gasteiger partial charge in [0.05, 0.1) is 4.91 Å². The van der Waals surface area contributed by atoms with Crippen molar-refractivity contribution in [3.05, 3.63) is 31.9 Å². The van der Waals surface area contributed by atoms with Crippen LogP contribution in [0, 0.1) is 30.1 Å². The molecule has 1 aromatic heterocycles. The van der Waals surface area contributed by atoms with Gasteiger partial charge in [0.15, 0.2) is 0 Å². The Labute approximate surface area is 174 Å². The topological polar surface area (TPSA) is 69.3 Å². The number of rotatable bonds is 2.